The Morgan fingerprint density at radius 1 is 1.17 bits per heavy atom. The number of nitrogens with zero attached hydrogens (tertiary/aromatic N) is 2. The van der Waals surface area contributed by atoms with Gasteiger partial charge in [0, 0.05) is 37.9 Å². The Kier molecular flexibility index (Phi) is 4.58. The molecule has 1 aromatic rings. The van der Waals surface area contributed by atoms with Crippen molar-refractivity contribution in [3.8, 4) is 0 Å². The van der Waals surface area contributed by atoms with E-state index in [9.17, 15) is 0 Å². The van der Waals surface area contributed by atoms with Crippen LogP contribution < -0.4 is 11.2 Å². The van der Waals surface area contributed by atoms with Gasteiger partial charge in [-0.2, -0.15) is 0 Å². The summed E-state index contributed by atoms with van der Waals surface area (Å²) in [5, 5.41) is 2.34. The van der Waals surface area contributed by atoms with Crippen LogP contribution >= 0.6 is 0 Å². The Hall–Kier alpha value is -1.10. The van der Waals surface area contributed by atoms with Gasteiger partial charge in [0.25, 0.3) is 0 Å². The molecule has 1 atom stereocenters. The third kappa shape index (κ3) is 3.98. The van der Waals surface area contributed by atoms with E-state index < -0.39 is 0 Å². The monoisotopic (exact) mass is 248 g/mol. The van der Waals surface area contributed by atoms with Crippen molar-refractivity contribution < 1.29 is 0 Å². The molecule has 1 fully saturated rings. The highest BCUT2D eigenvalue weighted by atomic mass is 15.5. The predicted octanol–water partition coefficient (Wildman–Crippen LogP) is 0.952. The van der Waals surface area contributed by atoms with Crippen molar-refractivity contribution in [3.63, 3.8) is 0 Å². The normalized spacial score (nSPS) is 19.9. The predicted molar refractivity (Wildman–Crippen MR) is 76.2 cm³/mol. The fourth-order valence-corrected chi connectivity index (χ4v) is 2.30. The highest BCUT2D eigenvalue weighted by Gasteiger charge is 2.15. The van der Waals surface area contributed by atoms with Crippen LogP contribution in [0, 0.1) is 0 Å². The number of hydrogen-bond acceptors (Lipinski definition) is 4. The second kappa shape index (κ2) is 6.18. The van der Waals surface area contributed by atoms with E-state index in [-0.39, 0.29) is 0 Å². The van der Waals surface area contributed by atoms with Crippen LogP contribution in [0.5, 0.6) is 0 Å². The van der Waals surface area contributed by atoms with Crippen LogP contribution in [0.1, 0.15) is 12.5 Å². The number of likely N-dealkylation sites (N-methyl/N-ethyl adjacent to an activating group) is 1. The SMILES string of the molecule is CC(Cc1ccc(N)cc1)NN1CCN(C)CC1. The van der Waals surface area contributed by atoms with E-state index >= 15 is 0 Å². The first-order valence-electron chi connectivity index (χ1n) is 6.67. The van der Waals surface area contributed by atoms with Crippen molar-refractivity contribution in [2.24, 2.45) is 0 Å². The Morgan fingerprint density at radius 3 is 2.39 bits per heavy atom. The average molecular weight is 248 g/mol. The first-order chi connectivity index (χ1) is 8.63. The summed E-state index contributed by atoms with van der Waals surface area (Å²) in [7, 11) is 2.18. The van der Waals surface area contributed by atoms with Gasteiger partial charge in [-0.15, -0.1) is 0 Å². The van der Waals surface area contributed by atoms with Crippen LogP contribution in [-0.4, -0.2) is 49.2 Å². The number of hydrogen-bond donors (Lipinski definition) is 2. The molecule has 1 saturated heterocycles. The largest absolute Gasteiger partial charge is 0.399 e. The van der Waals surface area contributed by atoms with Gasteiger partial charge in [-0.1, -0.05) is 12.1 Å². The summed E-state index contributed by atoms with van der Waals surface area (Å²) in [6, 6.07) is 8.61. The van der Waals surface area contributed by atoms with Crippen LogP contribution in [0.25, 0.3) is 0 Å². The molecular weight excluding hydrogens is 224 g/mol. The van der Waals surface area contributed by atoms with E-state index in [1.165, 1.54) is 5.56 Å². The summed E-state index contributed by atoms with van der Waals surface area (Å²) in [6.45, 7) is 6.71. The minimum atomic E-state index is 0.456. The Morgan fingerprint density at radius 2 is 1.78 bits per heavy atom. The van der Waals surface area contributed by atoms with Crippen molar-refractivity contribution in [2.75, 3.05) is 39.0 Å². The number of nitrogen functional groups attached to an aromatic ring is 1. The summed E-state index contributed by atoms with van der Waals surface area (Å²) >= 11 is 0. The van der Waals surface area contributed by atoms with Crippen molar-refractivity contribution in [1.29, 1.82) is 0 Å². The zero-order valence-corrected chi connectivity index (χ0v) is 11.4. The zero-order chi connectivity index (χ0) is 13.0. The number of hydrazine groups is 1. The van der Waals surface area contributed by atoms with E-state index in [2.05, 4.69) is 41.4 Å². The van der Waals surface area contributed by atoms with Gasteiger partial charge in [0.05, 0.1) is 0 Å². The number of nitrogens with two attached hydrogens (primary N) is 1. The van der Waals surface area contributed by atoms with E-state index in [1.807, 2.05) is 12.1 Å². The topological polar surface area (TPSA) is 44.5 Å². The molecule has 0 aliphatic carbocycles. The highest BCUT2D eigenvalue weighted by molar-refractivity contribution is 5.39. The molecule has 4 heteroatoms. The lowest BCUT2D eigenvalue weighted by Gasteiger charge is -2.34. The molecule has 1 aliphatic rings. The van der Waals surface area contributed by atoms with Crippen LogP contribution in [0.15, 0.2) is 24.3 Å². The molecular formula is C14H24N4. The Bertz CT molecular complexity index is 355. The Balaban J connectivity index is 1.78. The molecule has 0 saturated carbocycles. The van der Waals surface area contributed by atoms with Crippen molar-refractivity contribution in [3.05, 3.63) is 29.8 Å². The number of nitrogens with one attached hydrogen (secondary N) is 1. The molecule has 2 rings (SSSR count). The van der Waals surface area contributed by atoms with Gasteiger partial charge < -0.3 is 10.6 Å². The quantitative estimate of drug-likeness (QED) is 0.779. The molecule has 3 N–H and O–H groups in total. The number of benzene rings is 1. The summed E-state index contributed by atoms with van der Waals surface area (Å²) in [6.07, 6.45) is 1.03. The first-order valence-corrected chi connectivity index (χ1v) is 6.67. The molecule has 0 bridgehead atoms. The fraction of sp³-hybridized carbons (Fsp3) is 0.571. The lowest BCUT2D eigenvalue weighted by molar-refractivity contribution is 0.0899. The van der Waals surface area contributed by atoms with Crippen LogP contribution in [-0.2, 0) is 6.42 Å². The molecule has 1 unspecified atom stereocenters. The van der Waals surface area contributed by atoms with Crippen LogP contribution in [0.4, 0.5) is 5.69 Å². The number of rotatable bonds is 4. The number of piperazine rings is 1. The van der Waals surface area contributed by atoms with Gasteiger partial charge in [0.15, 0.2) is 0 Å². The summed E-state index contributed by atoms with van der Waals surface area (Å²) in [4.78, 5) is 2.36. The van der Waals surface area contributed by atoms with Gasteiger partial charge >= 0.3 is 0 Å². The zero-order valence-electron chi connectivity index (χ0n) is 11.4. The molecule has 1 aromatic carbocycles. The lowest BCUT2D eigenvalue weighted by atomic mass is 10.1. The smallest absolute Gasteiger partial charge is 0.0314 e. The van der Waals surface area contributed by atoms with E-state index in [1.54, 1.807) is 0 Å². The highest BCUT2D eigenvalue weighted by Crippen LogP contribution is 2.08. The lowest BCUT2D eigenvalue weighted by Crippen LogP contribution is -2.53. The first kappa shape index (κ1) is 13.3. The molecule has 0 aromatic heterocycles. The van der Waals surface area contributed by atoms with Gasteiger partial charge in [-0.05, 0) is 38.1 Å². The Labute approximate surface area is 110 Å². The summed E-state index contributed by atoms with van der Waals surface area (Å²) in [5.74, 6) is 0. The van der Waals surface area contributed by atoms with Gasteiger partial charge in [-0.25, -0.2) is 5.01 Å². The summed E-state index contributed by atoms with van der Waals surface area (Å²) in [5.41, 5.74) is 11.4. The van der Waals surface area contributed by atoms with E-state index in [0.717, 1.165) is 38.3 Å². The van der Waals surface area contributed by atoms with Gasteiger partial charge in [0.2, 0.25) is 0 Å². The molecule has 100 valence electrons. The maximum Gasteiger partial charge on any atom is 0.0314 e. The molecule has 4 nitrogen and oxygen atoms in total. The van der Waals surface area contributed by atoms with Crippen molar-refractivity contribution in [2.45, 2.75) is 19.4 Å². The number of anilines is 1. The summed E-state index contributed by atoms with van der Waals surface area (Å²) < 4.78 is 0. The molecule has 1 aliphatic heterocycles. The van der Waals surface area contributed by atoms with Crippen LogP contribution in [0.3, 0.4) is 0 Å². The fourth-order valence-electron chi connectivity index (χ4n) is 2.30. The molecule has 0 radical (unpaired) electrons. The van der Waals surface area contributed by atoms with Gasteiger partial charge in [0.1, 0.15) is 0 Å². The maximum atomic E-state index is 5.69. The molecule has 0 amide bonds. The molecule has 1 heterocycles. The molecule has 0 spiro atoms. The van der Waals surface area contributed by atoms with Crippen molar-refractivity contribution in [1.82, 2.24) is 15.3 Å². The standard InChI is InChI=1S/C14H24N4/c1-12(11-13-3-5-14(15)6-4-13)16-18-9-7-17(2)8-10-18/h3-6,12,16H,7-11,15H2,1-2H3. The average Bonchev–Trinajstić information content (AvgIpc) is 2.35. The minimum Gasteiger partial charge on any atom is -0.399 e. The van der Waals surface area contributed by atoms with Gasteiger partial charge in [-0.3, -0.25) is 5.43 Å². The van der Waals surface area contributed by atoms with Crippen LogP contribution in [0.2, 0.25) is 0 Å². The van der Waals surface area contributed by atoms with E-state index in [0.29, 0.717) is 6.04 Å². The third-order valence-electron chi connectivity index (χ3n) is 3.43. The maximum absolute atomic E-state index is 5.69. The molecule has 18 heavy (non-hydrogen) atoms. The minimum absolute atomic E-state index is 0.456. The third-order valence-corrected chi connectivity index (χ3v) is 3.43. The van der Waals surface area contributed by atoms with E-state index in [4.69, 9.17) is 5.73 Å². The second-order valence-corrected chi connectivity index (χ2v) is 5.27. The second-order valence-electron chi connectivity index (χ2n) is 5.27. The van der Waals surface area contributed by atoms with Crippen molar-refractivity contribution >= 4 is 5.69 Å².